The number of carbonyl (C=O) groups is 1. The molecule has 6 nitrogen and oxygen atoms in total. The van der Waals surface area contributed by atoms with Crippen LogP contribution in [0.3, 0.4) is 0 Å². The van der Waals surface area contributed by atoms with Crippen LogP contribution in [0.5, 0.6) is 0 Å². The van der Waals surface area contributed by atoms with Gasteiger partial charge in [-0.25, -0.2) is 8.42 Å². The van der Waals surface area contributed by atoms with Gasteiger partial charge in [-0.1, -0.05) is 0 Å². The summed E-state index contributed by atoms with van der Waals surface area (Å²) in [6, 6.07) is 1.15. The Kier molecular flexibility index (Phi) is 6.24. The molecule has 0 saturated carbocycles. The maximum atomic E-state index is 12.3. The van der Waals surface area contributed by atoms with Crippen molar-refractivity contribution in [1.29, 1.82) is 0 Å². The largest absolute Gasteiger partial charge is 0.385 e. The molecule has 0 fully saturated rings. The summed E-state index contributed by atoms with van der Waals surface area (Å²) in [6.45, 7) is 6.11. The number of hydrogen-bond donors (Lipinski definition) is 1. The molecule has 120 valence electrons. The average molecular weight is 337 g/mol. The summed E-state index contributed by atoms with van der Waals surface area (Å²) in [7, 11) is 3.07. The molecule has 1 rings (SSSR count). The Morgan fingerprint density at radius 1 is 1.43 bits per heavy atom. The highest BCUT2D eigenvalue weighted by Gasteiger charge is 2.22. The molecular formula is C13H21ClN2O4S. The minimum absolute atomic E-state index is 0.0628. The van der Waals surface area contributed by atoms with Crippen molar-refractivity contribution in [2.24, 2.45) is 0 Å². The van der Waals surface area contributed by atoms with Gasteiger partial charge in [0.05, 0.1) is 0 Å². The fourth-order valence-electron chi connectivity index (χ4n) is 1.86. The summed E-state index contributed by atoms with van der Waals surface area (Å²) in [5.41, 5.74) is 0.272. The third-order valence-electron chi connectivity index (χ3n) is 3.03. The molecule has 0 aromatic carbocycles. The summed E-state index contributed by atoms with van der Waals surface area (Å²) in [6.07, 6.45) is 2.05. The number of rotatable bonds is 7. The van der Waals surface area contributed by atoms with Crippen molar-refractivity contribution >= 4 is 25.6 Å². The Morgan fingerprint density at radius 3 is 2.52 bits per heavy atom. The zero-order valence-corrected chi connectivity index (χ0v) is 14.2. The number of ether oxygens (including phenoxy) is 1. The van der Waals surface area contributed by atoms with E-state index in [0.717, 1.165) is 0 Å². The normalized spacial score (nSPS) is 13.4. The van der Waals surface area contributed by atoms with E-state index >= 15 is 0 Å². The Bertz CT molecular complexity index is 595. The van der Waals surface area contributed by atoms with Crippen LogP contribution in [-0.4, -0.2) is 38.7 Å². The Morgan fingerprint density at radius 2 is 2.05 bits per heavy atom. The van der Waals surface area contributed by atoms with Crippen molar-refractivity contribution in [3.63, 3.8) is 0 Å². The second-order valence-electron chi connectivity index (χ2n) is 5.16. The van der Waals surface area contributed by atoms with Gasteiger partial charge in [0.25, 0.3) is 15.0 Å². The lowest BCUT2D eigenvalue weighted by atomic mass is 10.2. The van der Waals surface area contributed by atoms with E-state index in [1.54, 1.807) is 11.7 Å². The van der Waals surface area contributed by atoms with Crippen molar-refractivity contribution in [3.8, 4) is 0 Å². The van der Waals surface area contributed by atoms with E-state index in [0.29, 0.717) is 13.0 Å². The molecule has 1 unspecified atom stereocenters. The first-order valence-corrected chi connectivity index (χ1v) is 8.94. The Hall–Kier alpha value is -1.05. The monoisotopic (exact) mass is 336 g/mol. The predicted octanol–water partition coefficient (Wildman–Crippen LogP) is 2.15. The van der Waals surface area contributed by atoms with Crippen molar-refractivity contribution < 1.29 is 17.9 Å². The molecule has 1 atom stereocenters. The second kappa shape index (κ2) is 7.29. The smallest absolute Gasteiger partial charge is 0.268 e. The van der Waals surface area contributed by atoms with Crippen molar-refractivity contribution in [2.45, 2.75) is 44.2 Å². The maximum Gasteiger partial charge on any atom is 0.268 e. The van der Waals surface area contributed by atoms with E-state index in [4.69, 9.17) is 15.4 Å². The fraction of sp³-hybridized carbons (Fsp3) is 0.615. The van der Waals surface area contributed by atoms with Gasteiger partial charge in [0.15, 0.2) is 0 Å². The quantitative estimate of drug-likeness (QED) is 0.774. The molecule has 0 bridgehead atoms. The lowest BCUT2D eigenvalue weighted by Gasteiger charge is -2.16. The molecule has 0 aliphatic carbocycles. The first-order valence-electron chi connectivity index (χ1n) is 6.63. The molecule has 0 spiro atoms. The molecule has 1 aromatic heterocycles. The zero-order chi connectivity index (χ0) is 16.2. The minimum Gasteiger partial charge on any atom is -0.385 e. The van der Waals surface area contributed by atoms with Crippen molar-refractivity contribution in [1.82, 2.24) is 9.88 Å². The highest BCUT2D eigenvalue weighted by molar-refractivity contribution is 8.13. The minimum atomic E-state index is -3.86. The highest BCUT2D eigenvalue weighted by atomic mass is 35.7. The van der Waals surface area contributed by atoms with E-state index in [-0.39, 0.29) is 28.6 Å². The van der Waals surface area contributed by atoms with Crippen molar-refractivity contribution in [2.75, 3.05) is 13.7 Å². The molecule has 1 N–H and O–H groups in total. The van der Waals surface area contributed by atoms with E-state index in [1.807, 2.05) is 20.8 Å². The SMILES string of the molecule is COCCC(C)NC(=O)c1cc(S(=O)(=O)Cl)cn1C(C)C. The summed E-state index contributed by atoms with van der Waals surface area (Å²) < 4.78 is 29.4. The number of methoxy groups -OCH3 is 1. The second-order valence-corrected chi connectivity index (χ2v) is 7.72. The Balaban J connectivity index is 3.00. The zero-order valence-electron chi connectivity index (χ0n) is 12.6. The standard InChI is InChI=1S/C13H21ClN2O4S/c1-9(2)16-8-11(21(14,18)19)7-12(16)13(17)15-10(3)5-6-20-4/h7-10H,5-6H2,1-4H3,(H,15,17). The molecule has 0 radical (unpaired) electrons. The number of carbonyl (C=O) groups excluding carboxylic acids is 1. The van der Waals surface area contributed by atoms with Crippen molar-refractivity contribution in [3.05, 3.63) is 18.0 Å². The van der Waals surface area contributed by atoms with Crippen LogP contribution in [-0.2, 0) is 13.8 Å². The van der Waals surface area contributed by atoms with Crippen LogP contribution in [0.4, 0.5) is 0 Å². The maximum absolute atomic E-state index is 12.3. The van der Waals surface area contributed by atoms with E-state index in [9.17, 15) is 13.2 Å². The number of hydrogen-bond acceptors (Lipinski definition) is 4. The van der Waals surface area contributed by atoms with Gasteiger partial charge in [0.1, 0.15) is 10.6 Å². The number of nitrogens with zero attached hydrogens (tertiary/aromatic N) is 1. The third-order valence-corrected chi connectivity index (χ3v) is 4.35. The predicted molar refractivity (Wildman–Crippen MR) is 81.3 cm³/mol. The molecule has 0 aliphatic heterocycles. The Labute approximate surface area is 129 Å². The van der Waals surface area contributed by atoms with Gasteiger partial charge in [-0.05, 0) is 33.3 Å². The van der Waals surface area contributed by atoms with Crippen LogP contribution in [0.25, 0.3) is 0 Å². The van der Waals surface area contributed by atoms with Crippen LogP contribution in [0.1, 0.15) is 43.7 Å². The average Bonchev–Trinajstić information content (AvgIpc) is 2.81. The molecule has 8 heteroatoms. The topological polar surface area (TPSA) is 77.4 Å². The highest BCUT2D eigenvalue weighted by Crippen LogP contribution is 2.22. The summed E-state index contributed by atoms with van der Waals surface area (Å²) in [5.74, 6) is -0.334. The van der Waals surface area contributed by atoms with Gasteiger partial charge < -0.3 is 14.6 Å². The molecular weight excluding hydrogens is 316 g/mol. The molecule has 1 heterocycles. The van der Waals surface area contributed by atoms with Gasteiger partial charge in [0, 0.05) is 42.7 Å². The van der Waals surface area contributed by atoms with Crippen LogP contribution >= 0.6 is 10.7 Å². The first-order chi connectivity index (χ1) is 9.66. The fourth-order valence-corrected chi connectivity index (χ4v) is 2.61. The van der Waals surface area contributed by atoms with Gasteiger partial charge >= 0.3 is 0 Å². The lowest BCUT2D eigenvalue weighted by molar-refractivity contribution is 0.0918. The molecule has 0 aliphatic rings. The molecule has 1 aromatic rings. The molecule has 21 heavy (non-hydrogen) atoms. The number of nitrogens with one attached hydrogen (secondary N) is 1. The van der Waals surface area contributed by atoms with Crippen LogP contribution in [0.15, 0.2) is 17.2 Å². The van der Waals surface area contributed by atoms with E-state index in [2.05, 4.69) is 5.32 Å². The molecule has 1 amide bonds. The van der Waals surface area contributed by atoms with Crippen LogP contribution in [0, 0.1) is 0 Å². The van der Waals surface area contributed by atoms with Crippen LogP contribution < -0.4 is 5.32 Å². The van der Waals surface area contributed by atoms with Gasteiger partial charge in [-0.2, -0.15) is 0 Å². The summed E-state index contributed by atoms with van der Waals surface area (Å²) in [5, 5.41) is 2.81. The lowest BCUT2D eigenvalue weighted by Crippen LogP contribution is -2.34. The number of amides is 1. The van der Waals surface area contributed by atoms with Gasteiger partial charge in [0.2, 0.25) is 0 Å². The van der Waals surface area contributed by atoms with Gasteiger partial charge in [-0.3, -0.25) is 4.79 Å². The first kappa shape index (κ1) is 18.0. The van der Waals surface area contributed by atoms with E-state index in [1.165, 1.54) is 12.3 Å². The molecule has 0 saturated heterocycles. The third kappa shape index (κ3) is 5.01. The number of aromatic nitrogens is 1. The number of halogens is 1. The summed E-state index contributed by atoms with van der Waals surface area (Å²) in [4.78, 5) is 12.2. The van der Waals surface area contributed by atoms with E-state index < -0.39 is 9.05 Å². The van der Waals surface area contributed by atoms with Crippen LogP contribution in [0.2, 0.25) is 0 Å². The van der Waals surface area contributed by atoms with Gasteiger partial charge in [-0.15, -0.1) is 0 Å². The summed E-state index contributed by atoms with van der Waals surface area (Å²) >= 11 is 0.